The normalized spacial score (nSPS) is 76.8. The molecule has 1 aromatic carbocycles. The number of anilines is 1. The molecule has 0 saturated carbocycles. The zero-order valence-electron chi connectivity index (χ0n) is 15.5. The van der Waals surface area contributed by atoms with Crippen LogP contribution in [0.15, 0.2) is 33.5 Å². The predicted octanol–water partition coefficient (Wildman–Crippen LogP) is 5.33. The summed E-state index contributed by atoms with van der Waals surface area (Å²) in [5.41, 5.74) is 1.52. The van der Waals surface area contributed by atoms with E-state index in [4.69, 9.17) is 4.42 Å². The predicted molar refractivity (Wildman–Crippen MR) is 101 cm³/mol. The van der Waals surface area contributed by atoms with Crippen LogP contribution in [0.25, 0.3) is 11.0 Å². The molecule has 28 heavy (non-hydrogen) atoms. The molecule has 10 aliphatic rings. The Bertz CT molecular complexity index is 1660. The Morgan fingerprint density at radius 1 is 1.07 bits per heavy atom. The molecule has 1 spiro atoms. The van der Waals surface area contributed by atoms with Gasteiger partial charge in [0.2, 0.25) is 0 Å². The third-order valence-corrected chi connectivity index (χ3v) is 59.9. The molecule has 0 aliphatic carbocycles. The molecule has 0 bridgehead atoms. The summed E-state index contributed by atoms with van der Waals surface area (Å²) in [6, 6.07) is 7.51. The first kappa shape index (κ1) is 12.2. The summed E-state index contributed by atoms with van der Waals surface area (Å²) in [5, 5.41) is 3.52. The van der Waals surface area contributed by atoms with E-state index in [-0.39, 0.29) is 11.3 Å². The summed E-state index contributed by atoms with van der Waals surface area (Å²) < 4.78 is 7.07. The molecule has 10 saturated heterocycles. The van der Waals surface area contributed by atoms with E-state index < -0.39 is 6.51 Å². The number of carbonyl (C=O) groups is 1. The Kier molecular flexibility index (Phi) is 0.629. The number of benzene rings is 1. The molecule has 2 aromatic rings. The maximum atomic E-state index is 13.1. The van der Waals surface area contributed by atoms with Crippen LogP contribution < -0.4 is 10.7 Å². The zero-order valence-corrected chi connectivity index (χ0v) is 16.6. The van der Waals surface area contributed by atoms with Crippen LogP contribution in [0.2, 0.25) is 43.3 Å². The van der Waals surface area contributed by atoms with Crippen molar-refractivity contribution in [3.63, 3.8) is 0 Å². The fraction of sp³-hybridized carbons (Fsp3) is 0.565. The number of hydrogen-bond acceptors (Lipinski definition) is 3. The third kappa shape index (κ3) is 0.215. The van der Waals surface area contributed by atoms with E-state index in [1.807, 2.05) is 25.1 Å². The van der Waals surface area contributed by atoms with Crippen LogP contribution in [0.1, 0.15) is 25.5 Å². The van der Waals surface area contributed by atoms with Crippen molar-refractivity contribution < 1.29 is 15.7 Å². The Morgan fingerprint density at radius 2 is 1.75 bits per heavy atom. The van der Waals surface area contributed by atoms with Gasteiger partial charge in [-0.25, -0.2) is 0 Å². The summed E-state index contributed by atoms with van der Waals surface area (Å²) in [5.74, 6) is 1.14. The Labute approximate surface area is 151 Å². The van der Waals surface area contributed by atoms with Crippen molar-refractivity contribution in [2.24, 2.45) is 0 Å². The zero-order chi connectivity index (χ0) is 18.1. The number of hydrogen-bond donors (Lipinski definition) is 1. The SMILES string of the molecule is CCCC(=O)Nc1ccc2oc([C]34[CH]5[CH]6[CH]7[CH]3[Fe]6754389%10[CH]4[CH]3[CH]8[CH]9[CH]4%10)cc(=O)c2c1. The molecular weight excluding hydrogens is 394 g/mol. The van der Waals surface area contributed by atoms with Gasteiger partial charge in [-0.2, -0.15) is 0 Å². The van der Waals surface area contributed by atoms with Gasteiger partial charge in [0.05, 0.1) is 0 Å². The Balaban J connectivity index is 1.10. The van der Waals surface area contributed by atoms with E-state index >= 15 is 0 Å². The van der Waals surface area contributed by atoms with Gasteiger partial charge in [-0.1, -0.05) is 0 Å². The van der Waals surface area contributed by atoms with Crippen LogP contribution in [0.4, 0.5) is 5.69 Å². The minimum atomic E-state index is -3.32. The number of amides is 1. The summed E-state index contributed by atoms with van der Waals surface area (Å²) in [6.45, 7) is -1.33. The van der Waals surface area contributed by atoms with Crippen molar-refractivity contribution in [2.45, 2.75) is 67.4 Å². The van der Waals surface area contributed by atoms with E-state index in [0.717, 1.165) is 27.4 Å². The molecule has 1 aromatic heterocycles. The number of nitrogens with one attached hydrogen (secondary N) is 1. The maximum absolute atomic E-state index is 13.1. The van der Waals surface area contributed by atoms with Crippen molar-refractivity contribution in [2.75, 3.05) is 5.32 Å². The first-order chi connectivity index (χ1) is 13.4. The van der Waals surface area contributed by atoms with Gasteiger partial charge in [0.25, 0.3) is 0 Å². The molecule has 4 atom stereocenters. The third-order valence-electron chi connectivity index (χ3n) is 17.5. The van der Waals surface area contributed by atoms with Crippen LogP contribution in [0, 0.1) is 0 Å². The van der Waals surface area contributed by atoms with Crippen LogP contribution >= 0.6 is 0 Å². The van der Waals surface area contributed by atoms with Crippen molar-refractivity contribution in [3.05, 3.63) is 40.2 Å². The molecule has 12 rings (SSSR count). The van der Waals surface area contributed by atoms with Crippen molar-refractivity contribution in [1.82, 2.24) is 0 Å². The fourth-order valence-corrected chi connectivity index (χ4v) is 92.6. The Morgan fingerprint density at radius 3 is 2.29 bits per heavy atom. The van der Waals surface area contributed by atoms with E-state index in [1.54, 1.807) is 6.07 Å². The first-order valence-electron chi connectivity index (χ1n) is 11.0. The number of fused-ring (bicyclic) bond motifs is 11. The van der Waals surface area contributed by atoms with E-state index in [1.165, 1.54) is 33.7 Å². The topological polar surface area (TPSA) is 59.3 Å². The second-order valence-electron chi connectivity index (χ2n) is 13.7. The van der Waals surface area contributed by atoms with Crippen molar-refractivity contribution >= 4 is 22.6 Å². The van der Waals surface area contributed by atoms with E-state index in [0.29, 0.717) is 21.8 Å². The van der Waals surface area contributed by atoms with Crippen LogP contribution in [-0.4, -0.2) is 5.91 Å². The average molecular weight is 415 g/mol. The minimum absolute atomic E-state index is 0.00105. The van der Waals surface area contributed by atoms with Gasteiger partial charge < -0.3 is 0 Å². The van der Waals surface area contributed by atoms with Crippen LogP contribution in [-0.2, 0) is 15.6 Å². The molecule has 0 radical (unpaired) electrons. The summed E-state index contributed by atoms with van der Waals surface area (Å²) >= 11 is 0. The standard InChI is InChI=1S/C18H16NO3.C5H5.Fe/c1-2-5-18(21)19-13-8-9-16-14(10-13)15(20)11-17(22-16)12-6-3-4-7-12;1-2-4-5-3-1;/h3-4,6-11H,2,5H2,1H3,(H,19,21);1-5H;. The van der Waals surface area contributed by atoms with Gasteiger partial charge >= 0.3 is 151 Å². The van der Waals surface area contributed by atoms with Crippen molar-refractivity contribution in [3.8, 4) is 0 Å². The van der Waals surface area contributed by atoms with Crippen LogP contribution in [0.3, 0.4) is 0 Å². The van der Waals surface area contributed by atoms with E-state index in [2.05, 4.69) is 5.32 Å². The van der Waals surface area contributed by atoms with Gasteiger partial charge in [0.15, 0.2) is 0 Å². The summed E-state index contributed by atoms with van der Waals surface area (Å²) in [4.78, 5) is 35.8. The first-order valence-corrected chi connectivity index (χ1v) is 17.2. The number of carbonyl (C=O) groups excluding carboxylic acids is 1. The van der Waals surface area contributed by atoms with Crippen LogP contribution in [0.5, 0.6) is 0 Å². The molecule has 4 nitrogen and oxygen atoms in total. The van der Waals surface area contributed by atoms with Gasteiger partial charge in [0.1, 0.15) is 0 Å². The molecule has 1 amide bonds. The number of rotatable bonds is 4. The van der Waals surface area contributed by atoms with Gasteiger partial charge in [-0.3, -0.25) is 0 Å². The van der Waals surface area contributed by atoms with Gasteiger partial charge in [-0.15, -0.1) is 0 Å². The second-order valence-corrected chi connectivity index (χ2v) is 37.2. The fourth-order valence-electron chi connectivity index (χ4n) is 18.7. The molecular formula is C23H21FeNO3. The molecule has 144 valence electrons. The monoisotopic (exact) mass is 415 g/mol. The second kappa shape index (κ2) is 1.45. The molecule has 1 N–H and O–H groups in total. The van der Waals surface area contributed by atoms with Crippen molar-refractivity contribution in [1.29, 1.82) is 0 Å². The molecule has 11 heterocycles. The average Bonchev–Trinajstić information content (AvgIpc) is 3.61. The molecule has 10 aliphatic heterocycles. The quantitative estimate of drug-likeness (QED) is 0.687. The molecule has 4 unspecified atom stereocenters. The molecule has 5 heteroatoms. The summed E-state index contributed by atoms with van der Waals surface area (Å²) in [7, 11) is 0. The van der Waals surface area contributed by atoms with Gasteiger partial charge in [0, 0.05) is 0 Å². The summed E-state index contributed by atoms with van der Waals surface area (Å²) in [6.07, 6.45) is 1.32. The van der Waals surface area contributed by atoms with E-state index in [9.17, 15) is 9.59 Å². The van der Waals surface area contributed by atoms with Gasteiger partial charge in [-0.05, 0) is 0 Å². The molecule has 10 fully saturated rings. The Hall–Kier alpha value is -1.58.